The zero-order valence-corrected chi connectivity index (χ0v) is 19.5. The number of fused-ring (bicyclic) bond motifs is 1. The molecule has 0 atom stereocenters. The third-order valence-corrected chi connectivity index (χ3v) is 7.41. The second-order valence-corrected chi connectivity index (χ2v) is 9.91. The van der Waals surface area contributed by atoms with Crippen LogP contribution in [0.4, 0.5) is 5.82 Å². The molecule has 6 heteroatoms. The average Bonchev–Trinajstić information content (AvgIpc) is 3.26. The summed E-state index contributed by atoms with van der Waals surface area (Å²) in [6.45, 7) is 7.27. The van der Waals surface area contributed by atoms with E-state index in [1.165, 1.54) is 74.7 Å². The molecule has 0 radical (unpaired) electrons. The topological polar surface area (TPSA) is 49.2 Å². The molecule has 3 aromatic rings. The van der Waals surface area contributed by atoms with Crippen LogP contribution in [0, 0.1) is 11.8 Å². The molecule has 2 fully saturated rings. The second kappa shape index (κ2) is 9.59. The number of pyridine rings is 1. The first-order chi connectivity index (χ1) is 15.6. The Morgan fingerprint density at radius 3 is 2.41 bits per heavy atom. The fourth-order valence-corrected chi connectivity index (χ4v) is 5.25. The summed E-state index contributed by atoms with van der Waals surface area (Å²) in [6, 6.07) is 8.72. The van der Waals surface area contributed by atoms with Crippen molar-refractivity contribution in [2.75, 3.05) is 51.6 Å². The number of nitrogens with one attached hydrogen (secondary N) is 1. The Morgan fingerprint density at radius 2 is 1.66 bits per heavy atom. The van der Waals surface area contributed by atoms with Crippen LogP contribution in [0.15, 0.2) is 42.9 Å². The van der Waals surface area contributed by atoms with Gasteiger partial charge in [0, 0.05) is 69.7 Å². The van der Waals surface area contributed by atoms with Gasteiger partial charge in [-0.15, -0.1) is 0 Å². The van der Waals surface area contributed by atoms with Gasteiger partial charge in [0.05, 0.1) is 6.20 Å². The monoisotopic (exact) mass is 432 g/mol. The number of aromatic nitrogens is 3. The van der Waals surface area contributed by atoms with Gasteiger partial charge in [0.25, 0.3) is 0 Å². The van der Waals surface area contributed by atoms with Gasteiger partial charge in [-0.1, -0.05) is 12.1 Å². The summed E-state index contributed by atoms with van der Waals surface area (Å²) in [5.74, 6) is 2.64. The summed E-state index contributed by atoms with van der Waals surface area (Å²) in [5.41, 5.74) is 2.34. The summed E-state index contributed by atoms with van der Waals surface area (Å²) in [5, 5.41) is 10.3. The van der Waals surface area contributed by atoms with Crippen LogP contribution in [0.5, 0.6) is 0 Å². The second-order valence-electron chi connectivity index (χ2n) is 9.91. The smallest absolute Gasteiger partial charge is 0.126 e. The van der Waals surface area contributed by atoms with Gasteiger partial charge >= 0.3 is 0 Å². The Balaban J connectivity index is 1.13. The van der Waals surface area contributed by atoms with E-state index >= 15 is 0 Å². The highest BCUT2D eigenvalue weighted by Crippen LogP contribution is 2.30. The standard InChI is InChI=1S/C26H36N6/c1-30-9-11-32(12-10-30)18-21-5-3-20(4-6-21)15-27-26-14-24-13-22(7-8-23(24)16-28-26)25-17-29-31(2)19-25/h7-8,13-14,16-17,19-21H,3-6,9-12,15,18H2,1-2H3,(H,27,28)/t20-,21-. The highest BCUT2D eigenvalue weighted by Gasteiger charge is 2.24. The van der Waals surface area contributed by atoms with Crippen LogP contribution in [0.1, 0.15) is 25.7 Å². The molecule has 0 spiro atoms. The maximum atomic E-state index is 4.66. The summed E-state index contributed by atoms with van der Waals surface area (Å²) < 4.78 is 1.85. The van der Waals surface area contributed by atoms with Crippen molar-refractivity contribution in [3.05, 3.63) is 42.9 Å². The Labute approximate surface area is 191 Å². The first-order valence-corrected chi connectivity index (χ1v) is 12.2. The highest BCUT2D eigenvalue weighted by molar-refractivity contribution is 5.88. The quantitative estimate of drug-likeness (QED) is 0.636. The third kappa shape index (κ3) is 5.13. The van der Waals surface area contributed by atoms with E-state index in [4.69, 9.17) is 0 Å². The van der Waals surface area contributed by atoms with Crippen molar-refractivity contribution in [3.63, 3.8) is 0 Å². The molecule has 0 bridgehead atoms. The molecule has 5 rings (SSSR count). The molecule has 6 nitrogen and oxygen atoms in total. The van der Waals surface area contributed by atoms with Gasteiger partial charge in [-0.3, -0.25) is 4.68 Å². The van der Waals surface area contributed by atoms with Crippen LogP contribution in [-0.4, -0.2) is 70.9 Å². The summed E-state index contributed by atoms with van der Waals surface area (Å²) in [4.78, 5) is 9.78. The van der Waals surface area contributed by atoms with E-state index in [1.54, 1.807) is 0 Å². The fraction of sp³-hybridized carbons (Fsp3) is 0.538. The van der Waals surface area contributed by atoms with Crippen molar-refractivity contribution in [3.8, 4) is 11.1 Å². The number of hydrogen-bond acceptors (Lipinski definition) is 5. The van der Waals surface area contributed by atoms with E-state index < -0.39 is 0 Å². The number of likely N-dealkylation sites (N-methyl/N-ethyl adjacent to an activating group) is 1. The summed E-state index contributed by atoms with van der Waals surface area (Å²) in [6.07, 6.45) is 11.4. The van der Waals surface area contributed by atoms with Crippen molar-refractivity contribution < 1.29 is 0 Å². The SMILES string of the molecule is CN1CCN(C[C@H]2CC[C@H](CNc3cc4cc(-c5cnn(C)c5)ccc4cn3)CC2)CC1. The number of nitrogens with zero attached hydrogens (tertiary/aromatic N) is 5. The van der Waals surface area contributed by atoms with Gasteiger partial charge in [0.1, 0.15) is 5.82 Å². The van der Waals surface area contributed by atoms with Gasteiger partial charge in [-0.25, -0.2) is 4.98 Å². The van der Waals surface area contributed by atoms with Crippen molar-refractivity contribution in [2.45, 2.75) is 25.7 Å². The van der Waals surface area contributed by atoms with Crippen molar-refractivity contribution in [2.24, 2.45) is 18.9 Å². The minimum absolute atomic E-state index is 0.762. The molecule has 1 N–H and O–H groups in total. The van der Waals surface area contributed by atoms with Gasteiger partial charge in [0.2, 0.25) is 0 Å². The number of piperazine rings is 1. The largest absolute Gasteiger partial charge is 0.370 e. The average molecular weight is 433 g/mol. The molecule has 0 unspecified atom stereocenters. The van der Waals surface area contributed by atoms with Crippen LogP contribution in [-0.2, 0) is 7.05 Å². The lowest BCUT2D eigenvalue weighted by Gasteiger charge is -2.37. The fourth-order valence-electron chi connectivity index (χ4n) is 5.25. The molecule has 2 aromatic heterocycles. The number of aryl methyl sites for hydroxylation is 1. The lowest BCUT2D eigenvalue weighted by Crippen LogP contribution is -2.46. The van der Waals surface area contributed by atoms with E-state index in [0.717, 1.165) is 29.8 Å². The number of rotatable bonds is 6. The molecule has 32 heavy (non-hydrogen) atoms. The Hall–Kier alpha value is -2.44. The Bertz CT molecular complexity index is 1030. The van der Waals surface area contributed by atoms with Crippen molar-refractivity contribution in [1.82, 2.24) is 24.6 Å². The van der Waals surface area contributed by atoms with Crippen LogP contribution < -0.4 is 5.32 Å². The van der Waals surface area contributed by atoms with Gasteiger partial charge in [0.15, 0.2) is 0 Å². The highest BCUT2D eigenvalue weighted by atomic mass is 15.2. The van der Waals surface area contributed by atoms with Crippen molar-refractivity contribution in [1.29, 1.82) is 0 Å². The first kappa shape index (κ1) is 21.4. The Morgan fingerprint density at radius 1 is 0.875 bits per heavy atom. The van der Waals surface area contributed by atoms with E-state index in [1.807, 2.05) is 24.1 Å². The van der Waals surface area contributed by atoms with Gasteiger partial charge in [-0.2, -0.15) is 5.10 Å². The molecule has 170 valence electrons. The molecular formula is C26H36N6. The summed E-state index contributed by atoms with van der Waals surface area (Å²) >= 11 is 0. The third-order valence-electron chi connectivity index (χ3n) is 7.41. The lowest BCUT2D eigenvalue weighted by atomic mass is 9.81. The minimum Gasteiger partial charge on any atom is -0.370 e. The first-order valence-electron chi connectivity index (χ1n) is 12.2. The summed E-state index contributed by atoms with van der Waals surface area (Å²) in [7, 11) is 4.19. The molecule has 0 amide bonds. The van der Waals surface area contributed by atoms with Crippen LogP contribution in [0.2, 0.25) is 0 Å². The van der Waals surface area contributed by atoms with Crippen LogP contribution >= 0.6 is 0 Å². The predicted molar refractivity (Wildman–Crippen MR) is 132 cm³/mol. The normalized spacial score (nSPS) is 22.9. The molecule has 1 aliphatic carbocycles. The Kier molecular flexibility index (Phi) is 6.42. The minimum atomic E-state index is 0.762. The van der Waals surface area contributed by atoms with Gasteiger partial charge < -0.3 is 15.1 Å². The lowest BCUT2D eigenvalue weighted by molar-refractivity contribution is 0.120. The van der Waals surface area contributed by atoms with Crippen LogP contribution in [0.3, 0.4) is 0 Å². The maximum absolute atomic E-state index is 4.66. The molecule has 1 saturated heterocycles. The molecular weight excluding hydrogens is 396 g/mol. The van der Waals surface area contributed by atoms with E-state index in [2.05, 4.69) is 62.7 Å². The molecule has 1 aromatic carbocycles. The predicted octanol–water partition coefficient (Wildman–Crippen LogP) is 4.10. The number of hydrogen-bond donors (Lipinski definition) is 1. The van der Waals surface area contributed by atoms with Crippen molar-refractivity contribution >= 4 is 16.6 Å². The molecule has 2 aliphatic rings. The maximum Gasteiger partial charge on any atom is 0.126 e. The number of anilines is 1. The molecule has 1 saturated carbocycles. The number of benzene rings is 1. The van der Waals surface area contributed by atoms with Gasteiger partial charge in [-0.05, 0) is 67.6 Å². The van der Waals surface area contributed by atoms with E-state index in [9.17, 15) is 0 Å². The molecule has 3 heterocycles. The zero-order valence-electron chi connectivity index (χ0n) is 19.5. The van der Waals surface area contributed by atoms with Crippen LogP contribution in [0.25, 0.3) is 21.9 Å². The van der Waals surface area contributed by atoms with E-state index in [0.29, 0.717) is 0 Å². The zero-order chi connectivity index (χ0) is 21.9. The molecule has 1 aliphatic heterocycles. The van der Waals surface area contributed by atoms with E-state index in [-0.39, 0.29) is 0 Å².